The fourth-order valence-corrected chi connectivity index (χ4v) is 2.08. The van der Waals surface area contributed by atoms with Crippen molar-refractivity contribution in [3.8, 4) is 5.75 Å². The molecule has 0 fully saturated rings. The minimum absolute atomic E-state index is 0.107. The number of ether oxygens (including phenoxy) is 1. The Labute approximate surface area is 137 Å². The first kappa shape index (κ1) is 16.9. The summed E-state index contributed by atoms with van der Waals surface area (Å²) in [6.45, 7) is 7.36. The number of nitrogens with one attached hydrogen (secondary N) is 2. The van der Waals surface area contributed by atoms with E-state index in [9.17, 15) is 4.79 Å². The van der Waals surface area contributed by atoms with Gasteiger partial charge in [-0.3, -0.25) is 0 Å². The third-order valence-corrected chi connectivity index (χ3v) is 3.41. The van der Waals surface area contributed by atoms with E-state index in [1.807, 2.05) is 54.6 Å². The van der Waals surface area contributed by atoms with Gasteiger partial charge in [-0.05, 0) is 35.2 Å². The lowest BCUT2D eigenvalue weighted by atomic mass is 9.87. The topological polar surface area (TPSA) is 50.4 Å². The number of para-hydroxylation sites is 1. The van der Waals surface area contributed by atoms with Gasteiger partial charge >= 0.3 is 6.03 Å². The van der Waals surface area contributed by atoms with E-state index >= 15 is 0 Å². The van der Waals surface area contributed by atoms with E-state index in [1.165, 1.54) is 5.56 Å². The largest absolute Gasteiger partial charge is 0.492 e. The highest BCUT2D eigenvalue weighted by molar-refractivity contribution is 5.89. The Morgan fingerprint density at radius 1 is 1.00 bits per heavy atom. The normalized spacial score (nSPS) is 10.9. The van der Waals surface area contributed by atoms with Crippen LogP contribution in [0, 0.1) is 0 Å². The highest BCUT2D eigenvalue weighted by Gasteiger charge is 2.13. The first-order valence-corrected chi connectivity index (χ1v) is 7.78. The average molecular weight is 312 g/mol. The van der Waals surface area contributed by atoms with Gasteiger partial charge in [-0.2, -0.15) is 0 Å². The van der Waals surface area contributed by atoms with Crippen molar-refractivity contribution in [2.45, 2.75) is 26.2 Å². The van der Waals surface area contributed by atoms with Gasteiger partial charge in [-0.25, -0.2) is 4.79 Å². The summed E-state index contributed by atoms with van der Waals surface area (Å²) in [6.07, 6.45) is 0. The zero-order chi connectivity index (χ0) is 16.7. The average Bonchev–Trinajstić information content (AvgIpc) is 2.52. The molecule has 122 valence electrons. The number of hydrogen-bond donors (Lipinski definition) is 2. The van der Waals surface area contributed by atoms with Crippen LogP contribution in [0.3, 0.4) is 0 Å². The van der Waals surface area contributed by atoms with Crippen LogP contribution in [0.25, 0.3) is 0 Å². The van der Waals surface area contributed by atoms with Gasteiger partial charge in [0.05, 0.1) is 6.54 Å². The summed E-state index contributed by atoms with van der Waals surface area (Å²) in [5, 5.41) is 5.58. The van der Waals surface area contributed by atoms with Crippen LogP contribution in [0.2, 0.25) is 0 Å². The van der Waals surface area contributed by atoms with Crippen molar-refractivity contribution >= 4 is 11.7 Å². The Kier molecular flexibility index (Phi) is 5.63. The monoisotopic (exact) mass is 312 g/mol. The molecule has 2 amide bonds. The van der Waals surface area contributed by atoms with Crippen molar-refractivity contribution < 1.29 is 9.53 Å². The third-order valence-electron chi connectivity index (χ3n) is 3.41. The highest BCUT2D eigenvalue weighted by atomic mass is 16.5. The fourth-order valence-electron chi connectivity index (χ4n) is 2.08. The van der Waals surface area contributed by atoms with Crippen molar-refractivity contribution in [2.75, 3.05) is 18.5 Å². The van der Waals surface area contributed by atoms with Gasteiger partial charge in [-0.15, -0.1) is 0 Å². The first-order chi connectivity index (χ1) is 10.9. The number of carbonyl (C=O) groups excluding carboxylic acids is 1. The molecular weight excluding hydrogens is 288 g/mol. The Hall–Kier alpha value is -2.49. The van der Waals surface area contributed by atoms with Gasteiger partial charge in [0, 0.05) is 5.69 Å². The molecule has 0 bridgehead atoms. The maximum Gasteiger partial charge on any atom is 0.319 e. The van der Waals surface area contributed by atoms with E-state index in [-0.39, 0.29) is 11.4 Å². The highest BCUT2D eigenvalue weighted by Crippen LogP contribution is 2.23. The van der Waals surface area contributed by atoms with Crippen LogP contribution in [0.15, 0.2) is 54.6 Å². The lowest BCUT2D eigenvalue weighted by Crippen LogP contribution is -2.32. The molecular formula is C19H24N2O2. The molecule has 0 aliphatic heterocycles. The van der Waals surface area contributed by atoms with Crippen LogP contribution >= 0.6 is 0 Å². The molecule has 23 heavy (non-hydrogen) atoms. The Balaban J connectivity index is 1.72. The predicted molar refractivity (Wildman–Crippen MR) is 94.1 cm³/mol. The standard InChI is InChI=1S/C19H24N2O2/c1-19(2,3)15-9-11-16(12-10-15)21-18(22)20-13-14-23-17-7-5-4-6-8-17/h4-12H,13-14H2,1-3H3,(H2,20,21,22). The lowest BCUT2D eigenvalue weighted by molar-refractivity contribution is 0.247. The predicted octanol–water partition coefficient (Wildman–Crippen LogP) is 4.18. The summed E-state index contributed by atoms with van der Waals surface area (Å²) in [5.74, 6) is 0.799. The van der Waals surface area contributed by atoms with Gasteiger partial charge in [-0.1, -0.05) is 51.1 Å². The number of urea groups is 1. The molecule has 2 aromatic carbocycles. The van der Waals surface area contributed by atoms with Crippen molar-refractivity contribution in [3.63, 3.8) is 0 Å². The first-order valence-electron chi connectivity index (χ1n) is 7.78. The molecule has 0 radical (unpaired) electrons. The molecule has 0 saturated heterocycles. The molecule has 0 atom stereocenters. The summed E-state index contributed by atoms with van der Waals surface area (Å²) in [6, 6.07) is 17.2. The number of amides is 2. The van der Waals surface area contributed by atoms with Crippen LogP contribution in [0.1, 0.15) is 26.3 Å². The van der Waals surface area contributed by atoms with Crippen molar-refractivity contribution in [1.29, 1.82) is 0 Å². The quantitative estimate of drug-likeness (QED) is 0.814. The van der Waals surface area contributed by atoms with E-state index in [1.54, 1.807) is 0 Å². The van der Waals surface area contributed by atoms with Crippen LogP contribution in [-0.4, -0.2) is 19.2 Å². The van der Waals surface area contributed by atoms with Crippen LogP contribution in [0.4, 0.5) is 10.5 Å². The second-order valence-electron chi connectivity index (χ2n) is 6.37. The van der Waals surface area contributed by atoms with E-state index in [2.05, 4.69) is 31.4 Å². The molecule has 0 aromatic heterocycles. The number of hydrogen-bond acceptors (Lipinski definition) is 2. The summed E-state index contributed by atoms with van der Waals surface area (Å²) < 4.78 is 5.52. The van der Waals surface area contributed by atoms with Gasteiger partial charge in [0.2, 0.25) is 0 Å². The van der Waals surface area contributed by atoms with Gasteiger partial charge in [0.15, 0.2) is 0 Å². The molecule has 2 aromatic rings. The third kappa shape index (κ3) is 5.66. The van der Waals surface area contributed by atoms with Crippen molar-refractivity contribution in [2.24, 2.45) is 0 Å². The smallest absolute Gasteiger partial charge is 0.319 e. The molecule has 0 heterocycles. The molecule has 0 unspecified atom stereocenters. The van der Waals surface area contributed by atoms with E-state index in [4.69, 9.17) is 4.74 Å². The van der Waals surface area contributed by atoms with Crippen molar-refractivity contribution in [3.05, 3.63) is 60.2 Å². The van der Waals surface area contributed by atoms with Crippen LogP contribution in [-0.2, 0) is 5.41 Å². The summed E-state index contributed by atoms with van der Waals surface area (Å²) in [7, 11) is 0. The Bertz CT molecular complexity index is 616. The summed E-state index contributed by atoms with van der Waals surface area (Å²) >= 11 is 0. The molecule has 2 rings (SSSR count). The van der Waals surface area contributed by atoms with Crippen LogP contribution in [0.5, 0.6) is 5.75 Å². The molecule has 0 aliphatic rings. The zero-order valence-electron chi connectivity index (χ0n) is 13.9. The van der Waals surface area contributed by atoms with Crippen LogP contribution < -0.4 is 15.4 Å². The number of benzene rings is 2. The molecule has 0 saturated carbocycles. The minimum atomic E-state index is -0.231. The minimum Gasteiger partial charge on any atom is -0.492 e. The molecule has 0 aliphatic carbocycles. The summed E-state index contributed by atoms with van der Waals surface area (Å²) in [5.41, 5.74) is 2.12. The van der Waals surface area contributed by atoms with E-state index < -0.39 is 0 Å². The number of anilines is 1. The van der Waals surface area contributed by atoms with E-state index in [0.717, 1.165) is 11.4 Å². The second-order valence-corrected chi connectivity index (χ2v) is 6.37. The molecule has 2 N–H and O–H groups in total. The zero-order valence-corrected chi connectivity index (χ0v) is 13.9. The molecule has 4 heteroatoms. The fraction of sp³-hybridized carbons (Fsp3) is 0.316. The maximum atomic E-state index is 11.8. The van der Waals surface area contributed by atoms with Gasteiger partial charge < -0.3 is 15.4 Å². The lowest BCUT2D eigenvalue weighted by Gasteiger charge is -2.19. The van der Waals surface area contributed by atoms with E-state index in [0.29, 0.717) is 13.2 Å². The molecule has 0 spiro atoms. The maximum absolute atomic E-state index is 11.8. The van der Waals surface area contributed by atoms with Gasteiger partial charge in [0.25, 0.3) is 0 Å². The van der Waals surface area contributed by atoms with Gasteiger partial charge in [0.1, 0.15) is 12.4 Å². The molecule has 4 nitrogen and oxygen atoms in total. The SMILES string of the molecule is CC(C)(C)c1ccc(NC(=O)NCCOc2ccccc2)cc1. The Morgan fingerprint density at radius 3 is 2.26 bits per heavy atom. The summed E-state index contributed by atoms with van der Waals surface area (Å²) in [4.78, 5) is 11.8. The second kappa shape index (κ2) is 7.68. The Morgan fingerprint density at radius 2 is 1.65 bits per heavy atom. The number of carbonyl (C=O) groups is 1. The van der Waals surface area contributed by atoms with Crippen molar-refractivity contribution in [1.82, 2.24) is 5.32 Å². The number of rotatable bonds is 5.